The number of carbonyl (C=O) groups excluding carboxylic acids is 2. The number of hydrogen-bond acceptors (Lipinski definition) is 5. The summed E-state index contributed by atoms with van der Waals surface area (Å²) in [6.07, 6.45) is 0.0437. The molecule has 2 N–H and O–H groups in total. The van der Waals surface area contributed by atoms with Crippen molar-refractivity contribution < 1.29 is 23.5 Å². The van der Waals surface area contributed by atoms with Gasteiger partial charge in [-0.05, 0) is 24.3 Å². The van der Waals surface area contributed by atoms with Crippen LogP contribution in [0, 0.1) is 11.7 Å². The average molecular weight is 412 g/mol. The molecule has 0 saturated carbocycles. The van der Waals surface area contributed by atoms with Gasteiger partial charge in [0, 0.05) is 13.0 Å². The van der Waals surface area contributed by atoms with Gasteiger partial charge in [-0.25, -0.2) is 4.39 Å². The van der Waals surface area contributed by atoms with Gasteiger partial charge in [0.2, 0.25) is 11.8 Å². The Morgan fingerprint density at radius 3 is 2.87 bits per heavy atom. The van der Waals surface area contributed by atoms with Gasteiger partial charge in [0.05, 0.1) is 30.5 Å². The van der Waals surface area contributed by atoms with Crippen LogP contribution in [0.2, 0.25) is 0 Å². The smallest absolute Gasteiger partial charge is 0.229 e. The van der Waals surface area contributed by atoms with Crippen molar-refractivity contribution in [3.63, 3.8) is 0 Å². The number of para-hydroxylation sites is 2. The number of rotatable bonds is 7. The van der Waals surface area contributed by atoms with E-state index in [9.17, 15) is 14.0 Å². The van der Waals surface area contributed by atoms with Crippen LogP contribution in [0.4, 0.5) is 10.2 Å². The lowest BCUT2D eigenvalue weighted by atomic mass is 10.1. The first kappa shape index (κ1) is 19.7. The molecule has 1 aliphatic rings. The lowest BCUT2D eigenvalue weighted by molar-refractivity contribution is -0.126. The van der Waals surface area contributed by atoms with Crippen molar-refractivity contribution in [3.8, 4) is 11.5 Å². The molecule has 2 aromatic carbocycles. The van der Waals surface area contributed by atoms with Crippen LogP contribution in [0.25, 0.3) is 10.9 Å². The van der Waals surface area contributed by atoms with Crippen LogP contribution in [-0.2, 0) is 9.59 Å². The minimum atomic E-state index is -0.540. The third-order valence-corrected chi connectivity index (χ3v) is 5.00. The third kappa shape index (κ3) is 3.78. The third-order valence-electron chi connectivity index (χ3n) is 5.00. The summed E-state index contributed by atoms with van der Waals surface area (Å²) in [5, 5.41) is 9.84. The van der Waals surface area contributed by atoms with E-state index in [0.29, 0.717) is 17.0 Å². The second-order valence-electron chi connectivity index (χ2n) is 6.91. The Morgan fingerprint density at radius 1 is 1.27 bits per heavy atom. The van der Waals surface area contributed by atoms with Crippen molar-refractivity contribution in [2.75, 3.05) is 31.7 Å². The summed E-state index contributed by atoms with van der Waals surface area (Å²) in [6.45, 7) is 0.680. The molecule has 0 spiro atoms. The van der Waals surface area contributed by atoms with Crippen molar-refractivity contribution in [1.82, 2.24) is 15.5 Å². The second kappa shape index (κ2) is 8.40. The Balaban J connectivity index is 1.34. The van der Waals surface area contributed by atoms with Crippen LogP contribution < -0.4 is 19.7 Å². The van der Waals surface area contributed by atoms with Crippen molar-refractivity contribution >= 4 is 28.5 Å². The number of methoxy groups -OCH3 is 1. The van der Waals surface area contributed by atoms with Gasteiger partial charge in [-0.15, -0.1) is 0 Å². The molecular formula is C21H21FN4O4. The van der Waals surface area contributed by atoms with Crippen LogP contribution in [-0.4, -0.2) is 48.8 Å². The number of halogens is 1. The largest absolute Gasteiger partial charge is 0.493 e. The van der Waals surface area contributed by atoms with E-state index >= 15 is 0 Å². The monoisotopic (exact) mass is 412 g/mol. The number of H-pyrrole nitrogens is 1. The van der Waals surface area contributed by atoms with Gasteiger partial charge in [-0.3, -0.25) is 19.6 Å². The molecule has 8 nitrogen and oxygen atoms in total. The minimum absolute atomic E-state index is 0.0437. The van der Waals surface area contributed by atoms with Gasteiger partial charge in [-0.2, -0.15) is 5.10 Å². The van der Waals surface area contributed by atoms with Gasteiger partial charge in [0.15, 0.2) is 17.3 Å². The van der Waals surface area contributed by atoms with Crippen molar-refractivity contribution in [2.45, 2.75) is 6.42 Å². The number of ether oxygens (including phenoxy) is 2. The number of fused-ring (bicyclic) bond motifs is 1. The number of aromatic nitrogens is 2. The first-order valence-electron chi connectivity index (χ1n) is 9.55. The Labute approximate surface area is 172 Å². The average Bonchev–Trinajstić information content (AvgIpc) is 3.35. The number of aromatic amines is 1. The molecular weight excluding hydrogens is 391 g/mol. The summed E-state index contributed by atoms with van der Waals surface area (Å²) in [5.74, 6) is -0.120. The van der Waals surface area contributed by atoms with Crippen molar-refractivity contribution in [3.05, 3.63) is 48.3 Å². The number of hydrogen-bond donors (Lipinski definition) is 2. The summed E-state index contributed by atoms with van der Waals surface area (Å²) < 4.78 is 25.1. The maximum Gasteiger partial charge on any atom is 0.229 e. The zero-order chi connectivity index (χ0) is 21.1. The number of benzene rings is 2. The number of anilines is 1. The van der Waals surface area contributed by atoms with Crippen LogP contribution in [0.3, 0.4) is 0 Å². The predicted molar refractivity (Wildman–Crippen MR) is 108 cm³/mol. The van der Waals surface area contributed by atoms with E-state index < -0.39 is 11.7 Å². The highest BCUT2D eigenvalue weighted by molar-refractivity contribution is 6.05. The van der Waals surface area contributed by atoms with Gasteiger partial charge in [0.1, 0.15) is 12.4 Å². The summed E-state index contributed by atoms with van der Waals surface area (Å²) in [7, 11) is 1.56. The highest BCUT2D eigenvalue weighted by atomic mass is 19.1. The fourth-order valence-corrected chi connectivity index (χ4v) is 3.51. The predicted octanol–water partition coefficient (Wildman–Crippen LogP) is 2.26. The minimum Gasteiger partial charge on any atom is -0.493 e. The molecule has 0 bridgehead atoms. The molecule has 2 heterocycles. The number of amides is 2. The van der Waals surface area contributed by atoms with E-state index in [1.807, 2.05) is 12.1 Å². The number of carbonyl (C=O) groups is 2. The Bertz CT molecular complexity index is 1080. The first-order chi connectivity index (χ1) is 14.6. The molecule has 1 aromatic heterocycles. The molecule has 9 heteroatoms. The highest BCUT2D eigenvalue weighted by Crippen LogP contribution is 2.31. The van der Waals surface area contributed by atoms with Gasteiger partial charge < -0.3 is 14.8 Å². The fraction of sp³-hybridized carbons (Fsp3) is 0.286. The zero-order valence-corrected chi connectivity index (χ0v) is 16.4. The molecule has 30 heavy (non-hydrogen) atoms. The van der Waals surface area contributed by atoms with Crippen LogP contribution in [0.15, 0.2) is 42.5 Å². The Hall–Kier alpha value is -3.62. The van der Waals surface area contributed by atoms with Crippen molar-refractivity contribution in [2.24, 2.45) is 5.92 Å². The maximum atomic E-state index is 14.2. The molecule has 156 valence electrons. The molecule has 1 fully saturated rings. The SMILES string of the molecule is COc1ccccc1OCCNC(=O)[C@@H]1CC(=O)N(c2n[nH]c3cccc(F)c23)C1. The maximum absolute atomic E-state index is 14.2. The van der Waals surface area contributed by atoms with E-state index in [1.54, 1.807) is 31.4 Å². The van der Waals surface area contributed by atoms with E-state index in [1.165, 1.54) is 11.0 Å². The summed E-state index contributed by atoms with van der Waals surface area (Å²) in [6, 6.07) is 11.8. The molecule has 3 aromatic rings. The summed E-state index contributed by atoms with van der Waals surface area (Å²) in [4.78, 5) is 26.3. The number of nitrogens with one attached hydrogen (secondary N) is 2. The summed E-state index contributed by atoms with van der Waals surface area (Å²) >= 11 is 0. The molecule has 1 atom stereocenters. The second-order valence-corrected chi connectivity index (χ2v) is 6.91. The fourth-order valence-electron chi connectivity index (χ4n) is 3.51. The van der Waals surface area contributed by atoms with Gasteiger partial charge in [0.25, 0.3) is 0 Å². The lowest BCUT2D eigenvalue weighted by Gasteiger charge is -2.15. The molecule has 1 aliphatic heterocycles. The van der Waals surface area contributed by atoms with Crippen LogP contribution >= 0.6 is 0 Å². The van der Waals surface area contributed by atoms with Crippen LogP contribution in [0.1, 0.15) is 6.42 Å². The van der Waals surface area contributed by atoms with Crippen LogP contribution in [0.5, 0.6) is 11.5 Å². The van der Waals surface area contributed by atoms with E-state index in [-0.39, 0.29) is 49.1 Å². The van der Waals surface area contributed by atoms with Gasteiger partial charge in [-0.1, -0.05) is 18.2 Å². The van der Waals surface area contributed by atoms with E-state index in [0.717, 1.165) is 0 Å². The molecule has 2 amide bonds. The topological polar surface area (TPSA) is 96.5 Å². The lowest BCUT2D eigenvalue weighted by Crippen LogP contribution is -2.35. The Kier molecular flexibility index (Phi) is 5.51. The van der Waals surface area contributed by atoms with Crippen molar-refractivity contribution in [1.29, 1.82) is 0 Å². The zero-order valence-electron chi connectivity index (χ0n) is 16.4. The molecule has 0 unspecified atom stereocenters. The molecule has 0 aliphatic carbocycles. The number of nitrogens with zero attached hydrogens (tertiary/aromatic N) is 2. The standard InChI is InChI=1S/C21H21FN4O4/c1-29-16-7-2-3-8-17(16)30-10-9-23-21(28)13-11-18(27)26(12-13)20-19-14(22)5-4-6-15(19)24-25-20/h2-8,13H,9-12H2,1H3,(H,23,28)(H,24,25)/t13-/m1/s1. The highest BCUT2D eigenvalue weighted by Gasteiger charge is 2.37. The Morgan fingerprint density at radius 2 is 2.07 bits per heavy atom. The van der Waals surface area contributed by atoms with E-state index in [2.05, 4.69) is 15.5 Å². The molecule has 0 radical (unpaired) electrons. The molecule has 1 saturated heterocycles. The normalized spacial score (nSPS) is 16.1. The van der Waals surface area contributed by atoms with E-state index in [4.69, 9.17) is 9.47 Å². The van der Waals surface area contributed by atoms with Gasteiger partial charge >= 0.3 is 0 Å². The molecule has 4 rings (SSSR count). The quantitative estimate of drug-likeness (QED) is 0.581. The first-order valence-corrected chi connectivity index (χ1v) is 9.55. The summed E-state index contributed by atoms with van der Waals surface area (Å²) in [5.41, 5.74) is 0.499.